The minimum Gasteiger partial charge on any atom is -0.351 e. The van der Waals surface area contributed by atoms with Gasteiger partial charge in [-0.25, -0.2) is 0 Å². The summed E-state index contributed by atoms with van der Waals surface area (Å²) in [5.74, 6) is -0.106. The van der Waals surface area contributed by atoms with E-state index >= 15 is 0 Å². The molecule has 4 heteroatoms. The van der Waals surface area contributed by atoms with Gasteiger partial charge in [-0.2, -0.15) is 5.48 Å². The normalized spacial score (nSPS) is 11.8. The van der Waals surface area contributed by atoms with E-state index in [0.717, 1.165) is 5.56 Å². The number of benzene rings is 1. The van der Waals surface area contributed by atoms with Crippen LogP contribution in [0.2, 0.25) is 0 Å². The van der Waals surface area contributed by atoms with Crippen LogP contribution in [0.1, 0.15) is 12.5 Å². The van der Waals surface area contributed by atoms with Crippen LogP contribution in [0.5, 0.6) is 0 Å². The van der Waals surface area contributed by atoms with Crippen molar-refractivity contribution in [3.8, 4) is 0 Å². The van der Waals surface area contributed by atoms with Gasteiger partial charge >= 0.3 is 0 Å². The first-order chi connectivity index (χ1) is 8.22. The lowest BCUT2D eigenvalue weighted by molar-refractivity contribution is -0.123. The molecular weight excluding hydrogens is 216 g/mol. The molecule has 1 atom stereocenters. The van der Waals surface area contributed by atoms with Crippen molar-refractivity contribution in [1.29, 1.82) is 0 Å². The molecule has 0 saturated carbocycles. The van der Waals surface area contributed by atoms with Gasteiger partial charge in [-0.05, 0) is 12.5 Å². The topological polar surface area (TPSA) is 50.4 Å². The zero-order valence-electron chi connectivity index (χ0n) is 9.98. The molecule has 0 radical (unpaired) electrons. The molecule has 1 amide bonds. The van der Waals surface area contributed by atoms with Crippen LogP contribution < -0.4 is 10.8 Å². The summed E-state index contributed by atoms with van der Waals surface area (Å²) in [6.07, 6.45) is 1.53. The summed E-state index contributed by atoms with van der Waals surface area (Å²) in [5, 5.41) is 2.78. The molecule has 0 saturated heterocycles. The van der Waals surface area contributed by atoms with Crippen molar-refractivity contribution in [3.05, 3.63) is 48.6 Å². The molecule has 2 N–H and O–H groups in total. The van der Waals surface area contributed by atoms with Crippen LogP contribution in [0, 0.1) is 0 Å². The molecule has 1 aromatic carbocycles. The maximum Gasteiger partial charge on any atom is 0.236 e. The zero-order valence-corrected chi connectivity index (χ0v) is 9.98. The quantitative estimate of drug-likeness (QED) is 0.554. The summed E-state index contributed by atoms with van der Waals surface area (Å²) in [6, 6.07) is 9.74. The molecule has 0 bridgehead atoms. The van der Waals surface area contributed by atoms with E-state index in [9.17, 15) is 4.79 Å². The molecule has 1 rings (SSSR count). The highest BCUT2D eigenvalue weighted by Crippen LogP contribution is 1.96. The summed E-state index contributed by atoms with van der Waals surface area (Å²) in [6.45, 7) is 6.06. The number of carbonyl (C=O) groups excluding carboxylic acids is 1. The number of hydroxylamine groups is 1. The standard InChI is InChI=1S/C13H18N2O2/c1-3-11(2)17-15-10-13(16)14-9-12-7-5-4-6-8-12/h3-8,11,15H,1,9-10H2,2H3,(H,14,16). The van der Waals surface area contributed by atoms with Gasteiger partial charge in [-0.3, -0.25) is 9.63 Å². The highest BCUT2D eigenvalue weighted by Gasteiger charge is 2.01. The first kappa shape index (κ1) is 13.4. The summed E-state index contributed by atoms with van der Waals surface area (Å²) in [5.41, 5.74) is 3.66. The molecule has 4 nitrogen and oxygen atoms in total. The Hall–Kier alpha value is -1.65. The van der Waals surface area contributed by atoms with E-state index in [0.29, 0.717) is 6.54 Å². The second-order valence-electron chi connectivity index (χ2n) is 3.64. The van der Waals surface area contributed by atoms with Crippen molar-refractivity contribution in [1.82, 2.24) is 10.8 Å². The number of hydrogen-bond acceptors (Lipinski definition) is 3. The van der Waals surface area contributed by atoms with Gasteiger partial charge < -0.3 is 5.32 Å². The lowest BCUT2D eigenvalue weighted by Gasteiger charge is -2.09. The molecule has 0 aliphatic rings. The summed E-state index contributed by atoms with van der Waals surface area (Å²) in [7, 11) is 0. The van der Waals surface area contributed by atoms with E-state index < -0.39 is 0 Å². The third-order valence-electron chi connectivity index (χ3n) is 2.17. The predicted octanol–water partition coefficient (Wildman–Crippen LogP) is 1.40. The maximum absolute atomic E-state index is 11.4. The molecule has 0 fully saturated rings. The Labute approximate surface area is 102 Å². The zero-order chi connectivity index (χ0) is 12.5. The van der Waals surface area contributed by atoms with Gasteiger partial charge in [0.2, 0.25) is 5.91 Å². The first-order valence-electron chi connectivity index (χ1n) is 5.54. The van der Waals surface area contributed by atoms with Crippen LogP contribution in [-0.4, -0.2) is 18.6 Å². The molecule has 0 heterocycles. The van der Waals surface area contributed by atoms with Gasteiger partial charge in [0.05, 0.1) is 12.6 Å². The van der Waals surface area contributed by atoms with Gasteiger partial charge in [0.25, 0.3) is 0 Å². The Morgan fingerprint density at radius 3 is 2.82 bits per heavy atom. The second-order valence-corrected chi connectivity index (χ2v) is 3.64. The van der Waals surface area contributed by atoms with Gasteiger partial charge in [0.15, 0.2) is 0 Å². The highest BCUT2D eigenvalue weighted by molar-refractivity contribution is 5.77. The Morgan fingerprint density at radius 1 is 1.47 bits per heavy atom. The van der Waals surface area contributed by atoms with E-state index in [4.69, 9.17) is 4.84 Å². The minimum absolute atomic E-state index is 0.106. The third kappa shape index (κ3) is 5.85. The number of rotatable bonds is 7. The Morgan fingerprint density at radius 2 is 2.18 bits per heavy atom. The fraction of sp³-hybridized carbons (Fsp3) is 0.308. The molecule has 1 unspecified atom stereocenters. The summed E-state index contributed by atoms with van der Waals surface area (Å²) in [4.78, 5) is 16.5. The van der Waals surface area contributed by atoms with Crippen molar-refractivity contribution >= 4 is 5.91 Å². The molecule has 17 heavy (non-hydrogen) atoms. The van der Waals surface area contributed by atoms with E-state index in [1.165, 1.54) is 0 Å². The van der Waals surface area contributed by atoms with Crippen molar-refractivity contribution < 1.29 is 9.63 Å². The maximum atomic E-state index is 11.4. The van der Waals surface area contributed by atoms with E-state index in [-0.39, 0.29) is 18.6 Å². The number of nitrogens with one attached hydrogen (secondary N) is 2. The average Bonchev–Trinajstić information content (AvgIpc) is 2.37. The van der Waals surface area contributed by atoms with Crippen molar-refractivity contribution in [2.75, 3.05) is 6.54 Å². The SMILES string of the molecule is C=CC(C)ONCC(=O)NCc1ccccc1. The predicted molar refractivity (Wildman–Crippen MR) is 67.0 cm³/mol. The smallest absolute Gasteiger partial charge is 0.236 e. The van der Waals surface area contributed by atoms with Crippen molar-refractivity contribution in [3.63, 3.8) is 0 Å². The molecule has 92 valence electrons. The molecular formula is C13H18N2O2. The number of amides is 1. The van der Waals surface area contributed by atoms with Crippen LogP contribution in [0.3, 0.4) is 0 Å². The average molecular weight is 234 g/mol. The van der Waals surface area contributed by atoms with Crippen LogP contribution in [-0.2, 0) is 16.2 Å². The van der Waals surface area contributed by atoms with E-state index in [1.807, 2.05) is 37.3 Å². The van der Waals surface area contributed by atoms with E-state index in [1.54, 1.807) is 6.08 Å². The first-order valence-corrected chi connectivity index (χ1v) is 5.54. The lowest BCUT2D eigenvalue weighted by Crippen LogP contribution is -2.34. The molecule has 0 aliphatic carbocycles. The molecule has 0 aromatic heterocycles. The largest absolute Gasteiger partial charge is 0.351 e. The lowest BCUT2D eigenvalue weighted by atomic mass is 10.2. The second kappa shape index (κ2) is 7.60. The van der Waals surface area contributed by atoms with Crippen molar-refractivity contribution in [2.24, 2.45) is 0 Å². The van der Waals surface area contributed by atoms with E-state index in [2.05, 4.69) is 17.4 Å². The monoisotopic (exact) mass is 234 g/mol. The Balaban J connectivity index is 2.15. The van der Waals surface area contributed by atoms with Crippen LogP contribution in [0.4, 0.5) is 0 Å². The fourth-order valence-corrected chi connectivity index (χ4v) is 1.15. The molecule has 0 aliphatic heterocycles. The summed E-state index contributed by atoms with van der Waals surface area (Å²) < 4.78 is 0. The van der Waals surface area contributed by atoms with Crippen molar-refractivity contribution in [2.45, 2.75) is 19.6 Å². The highest BCUT2D eigenvalue weighted by atomic mass is 16.7. The minimum atomic E-state index is -0.114. The number of carbonyl (C=O) groups is 1. The molecule has 1 aromatic rings. The van der Waals surface area contributed by atoms with Crippen LogP contribution >= 0.6 is 0 Å². The third-order valence-corrected chi connectivity index (χ3v) is 2.17. The van der Waals surface area contributed by atoms with Gasteiger partial charge in [0, 0.05) is 6.54 Å². The van der Waals surface area contributed by atoms with Gasteiger partial charge in [-0.1, -0.05) is 36.4 Å². The Bertz CT molecular complexity index is 352. The number of hydrogen-bond donors (Lipinski definition) is 2. The van der Waals surface area contributed by atoms with Crippen LogP contribution in [0.25, 0.3) is 0 Å². The van der Waals surface area contributed by atoms with Gasteiger partial charge in [0.1, 0.15) is 0 Å². The molecule has 0 spiro atoms. The van der Waals surface area contributed by atoms with Gasteiger partial charge in [-0.15, -0.1) is 6.58 Å². The fourth-order valence-electron chi connectivity index (χ4n) is 1.15. The summed E-state index contributed by atoms with van der Waals surface area (Å²) >= 11 is 0. The Kier molecular flexibility index (Phi) is 5.99. The van der Waals surface area contributed by atoms with Crippen LogP contribution in [0.15, 0.2) is 43.0 Å².